The molecule has 0 aromatic heterocycles. The molecule has 2 aromatic carbocycles. The number of piperidine rings is 1. The Kier molecular flexibility index (Phi) is 5.90. The van der Waals surface area contributed by atoms with E-state index in [1.165, 1.54) is 12.1 Å². The number of carbonyl (C=O) groups is 2. The molecule has 0 aliphatic carbocycles. The van der Waals surface area contributed by atoms with E-state index in [2.05, 4.69) is 0 Å². The van der Waals surface area contributed by atoms with Gasteiger partial charge < -0.3 is 14.5 Å². The maximum Gasteiger partial charge on any atom is 0.254 e. The monoisotopic (exact) mass is 396 g/mol. The lowest BCUT2D eigenvalue weighted by molar-refractivity contribution is -0.141. The van der Waals surface area contributed by atoms with E-state index in [4.69, 9.17) is 4.74 Å². The van der Waals surface area contributed by atoms with Crippen molar-refractivity contribution >= 4 is 11.8 Å². The number of morpholine rings is 1. The van der Waals surface area contributed by atoms with Gasteiger partial charge in [0.25, 0.3) is 5.91 Å². The standard InChI is InChI=1S/C23H25FN2O3/c24-20-9-6-17(7-10-20)21-11-8-19(22(27)25-12-14-29-15-13-25)16-26(21)23(28)18-4-2-1-3-5-18/h1-7,9-10,19,21H,8,11-16H2/t19-,21+/m0/s1. The van der Waals surface area contributed by atoms with Crippen LogP contribution in [0.3, 0.4) is 0 Å². The minimum absolute atomic E-state index is 0.0942. The van der Waals surface area contributed by atoms with Crippen molar-refractivity contribution in [1.29, 1.82) is 0 Å². The Morgan fingerprint density at radius 1 is 0.931 bits per heavy atom. The minimum Gasteiger partial charge on any atom is -0.378 e. The summed E-state index contributed by atoms with van der Waals surface area (Å²) < 4.78 is 18.8. The third-order valence-corrected chi connectivity index (χ3v) is 5.79. The fourth-order valence-corrected chi connectivity index (χ4v) is 4.22. The number of carbonyl (C=O) groups excluding carboxylic acids is 2. The molecule has 0 saturated carbocycles. The maximum absolute atomic E-state index is 13.4. The lowest BCUT2D eigenvalue weighted by Gasteiger charge is -2.41. The second-order valence-electron chi connectivity index (χ2n) is 7.60. The van der Waals surface area contributed by atoms with E-state index in [1.54, 1.807) is 29.2 Å². The second kappa shape index (κ2) is 8.74. The van der Waals surface area contributed by atoms with Crippen molar-refractivity contribution in [3.8, 4) is 0 Å². The van der Waals surface area contributed by atoms with Crippen LogP contribution in [0.4, 0.5) is 4.39 Å². The molecule has 2 aliphatic heterocycles. The first-order chi connectivity index (χ1) is 14.1. The number of ether oxygens (including phenoxy) is 1. The smallest absolute Gasteiger partial charge is 0.254 e. The van der Waals surface area contributed by atoms with Gasteiger partial charge in [0.2, 0.25) is 5.91 Å². The highest BCUT2D eigenvalue weighted by Gasteiger charge is 2.37. The molecule has 2 aromatic rings. The topological polar surface area (TPSA) is 49.9 Å². The van der Waals surface area contributed by atoms with Crippen LogP contribution in [-0.4, -0.2) is 54.5 Å². The third-order valence-electron chi connectivity index (χ3n) is 5.79. The van der Waals surface area contributed by atoms with Crippen LogP contribution in [0.25, 0.3) is 0 Å². The number of hydrogen-bond acceptors (Lipinski definition) is 3. The fourth-order valence-electron chi connectivity index (χ4n) is 4.22. The molecule has 0 radical (unpaired) electrons. The Balaban J connectivity index is 1.58. The summed E-state index contributed by atoms with van der Waals surface area (Å²) in [6.07, 6.45) is 1.38. The Bertz CT molecular complexity index is 850. The summed E-state index contributed by atoms with van der Waals surface area (Å²) in [5.41, 5.74) is 1.49. The number of amides is 2. The van der Waals surface area contributed by atoms with E-state index in [9.17, 15) is 14.0 Å². The summed E-state index contributed by atoms with van der Waals surface area (Å²) in [6.45, 7) is 2.69. The zero-order valence-corrected chi connectivity index (χ0v) is 16.3. The van der Waals surface area contributed by atoms with Gasteiger partial charge in [-0.05, 0) is 42.7 Å². The number of nitrogens with zero attached hydrogens (tertiary/aromatic N) is 2. The predicted molar refractivity (Wildman–Crippen MR) is 107 cm³/mol. The maximum atomic E-state index is 13.4. The van der Waals surface area contributed by atoms with Gasteiger partial charge in [-0.3, -0.25) is 9.59 Å². The Labute approximate surface area is 170 Å². The van der Waals surface area contributed by atoms with Gasteiger partial charge in [-0.15, -0.1) is 0 Å². The molecule has 2 aliphatic rings. The highest BCUT2D eigenvalue weighted by Crippen LogP contribution is 2.35. The van der Waals surface area contributed by atoms with E-state index < -0.39 is 0 Å². The van der Waals surface area contributed by atoms with Crippen molar-refractivity contribution in [1.82, 2.24) is 9.80 Å². The summed E-state index contributed by atoms with van der Waals surface area (Å²) in [6, 6.07) is 15.3. The first-order valence-electron chi connectivity index (χ1n) is 10.1. The van der Waals surface area contributed by atoms with Crippen LogP contribution in [0.15, 0.2) is 54.6 Å². The molecule has 4 rings (SSSR count). The van der Waals surface area contributed by atoms with Crippen LogP contribution in [-0.2, 0) is 9.53 Å². The third kappa shape index (κ3) is 4.32. The van der Waals surface area contributed by atoms with Crippen LogP contribution in [0.2, 0.25) is 0 Å². The van der Waals surface area contributed by atoms with Crippen molar-refractivity contribution in [2.24, 2.45) is 5.92 Å². The number of benzene rings is 2. The van der Waals surface area contributed by atoms with E-state index in [-0.39, 0.29) is 29.6 Å². The van der Waals surface area contributed by atoms with Gasteiger partial charge in [0, 0.05) is 25.2 Å². The zero-order valence-electron chi connectivity index (χ0n) is 16.3. The molecule has 2 atom stereocenters. The van der Waals surface area contributed by atoms with Crippen LogP contribution in [0, 0.1) is 11.7 Å². The fraction of sp³-hybridized carbons (Fsp3) is 0.391. The Morgan fingerprint density at radius 3 is 2.31 bits per heavy atom. The SMILES string of the molecule is O=C([C@H]1CC[C@H](c2ccc(F)cc2)N(C(=O)c2ccccc2)C1)N1CCOCC1. The number of hydrogen-bond donors (Lipinski definition) is 0. The molecule has 29 heavy (non-hydrogen) atoms. The molecule has 6 heteroatoms. The molecule has 152 valence electrons. The van der Waals surface area contributed by atoms with Gasteiger partial charge in [0.05, 0.1) is 25.2 Å². The average molecular weight is 396 g/mol. The van der Waals surface area contributed by atoms with E-state index in [1.807, 2.05) is 23.1 Å². The Morgan fingerprint density at radius 2 is 1.62 bits per heavy atom. The first kappa shape index (κ1) is 19.6. The summed E-state index contributed by atoms with van der Waals surface area (Å²) in [5, 5.41) is 0. The van der Waals surface area contributed by atoms with Crippen molar-refractivity contribution in [2.45, 2.75) is 18.9 Å². The van der Waals surface area contributed by atoms with Crippen LogP contribution >= 0.6 is 0 Å². The summed E-state index contributed by atoms with van der Waals surface area (Å²) >= 11 is 0. The molecule has 2 fully saturated rings. The largest absolute Gasteiger partial charge is 0.378 e. The molecule has 0 N–H and O–H groups in total. The van der Waals surface area contributed by atoms with E-state index >= 15 is 0 Å². The lowest BCUT2D eigenvalue weighted by Crippen LogP contribution is -2.50. The molecular formula is C23H25FN2O3. The molecular weight excluding hydrogens is 371 g/mol. The van der Waals surface area contributed by atoms with Gasteiger partial charge in [0.1, 0.15) is 5.82 Å². The van der Waals surface area contributed by atoms with Crippen molar-refractivity contribution in [3.63, 3.8) is 0 Å². The van der Waals surface area contributed by atoms with Crippen LogP contribution in [0.5, 0.6) is 0 Å². The summed E-state index contributed by atoms with van der Waals surface area (Å²) in [4.78, 5) is 30.0. The van der Waals surface area contributed by atoms with Crippen molar-refractivity contribution in [2.75, 3.05) is 32.8 Å². The predicted octanol–water partition coefficient (Wildman–Crippen LogP) is 3.28. The highest BCUT2D eigenvalue weighted by atomic mass is 19.1. The van der Waals surface area contributed by atoms with Crippen molar-refractivity contribution < 1.29 is 18.7 Å². The van der Waals surface area contributed by atoms with Gasteiger partial charge in [-0.25, -0.2) is 4.39 Å². The molecule has 2 amide bonds. The normalized spacial score (nSPS) is 22.4. The van der Waals surface area contributed by atoms with Gasteiger partial charge >= 0.3 is 0 Å². The Hall–Kier alpha value is -2.73. The van der Waals surface area contributed by atoms with E-state index in [0.717, 1.165) is 5.56 Å². The van der Waals surface area contributed by atoms with E-state index in [0.29, 0.717) is 51.3 Å². The molecule has 2 heterocycles. The van der Waals surface area contributed by atoms with Crippen molar-refractivity contribution in [3.05, 3.63) is 71.5 Å². The van der Waals surface area contributed by atoms with Crippen LogP contribution in [0.1, 0.15) is 34.8 Å². The zero-order chi connectivity index (χ0) is 20.2. The molecule has 2 saturated heterocycles. The second-order valence-corrected chi connectivity index (χ2v) is 7.60. The van der Waals surface area contributed by atoms with Gasteiger partial charge in [-0.2, -0.15) is 0 Å². The van der Waals surface area contributed by atoms with Crippen LogP contribution < -0.4 is 0 Å². The highest BCUT2D eigenvalue weighted by molar-refractivity contribution is 5.95. The molecule has 5 nitrogen and oxygen atoms in total. The summed E-state index contributed by atoms with van der Waals surface area (Å²) in [5.74, 6) is -0.528. The quantitative estimate of drug-likeness (QED) is 0.800. The average Bonchev–Trinajstić information content (AvgIpc) is 2.79. The lowest BCUT2D eigenvalue weighted by atomic mass is 9.87. The van der Waals surface area contributed by atoms with Gasteiger partial charge in [-0.1, -0.05) is 30.3 Å². The molecule has 0 bridgehead atoms. The summed E-state index contributed by atoms with van der Waals surface area (Å²) in [7, 11) is 0. The number of halogens is 1. The molecule has 0 spiro atoms. The number of rotatable bonds is 3. The minimum atomic E-state index is -0.300. The number of likely N-dealkylation sites (tertiary alicyclic amines) is 1. The van der Waals surface area contributed by atoms with Gasteiger partial charge in [0.15, 0.2) is 0 Å². The first-order valence-corrected chi connectivity index (χ1v) is 10.1. The molecule has 0 unspecified atom stereocenters.